The second-order valence-electron chi connectivity index (χ2n) is 10.9. The lowest BCUT2D eigenvalue weighted by Crippen LogP contribution is -2.30. The van der Waals surface area contributed by atoms with E-state index in [0.29, 0.717) is 43.2 Å². The van der Waals surface area contributed by atoms with Crippen molar-refractivity contribution in [1.29, 1.82) is 0 Å². The summed E-state index contributed by atoms with van der Waals surface area (Å²) in [5.41, 5.74) is 11.8. The second kappa shape index (κ2) is 11.7. The summed E-state index contributed by atoms with van der Waals surface area (Å²) in [5.74, 6) is 1.16. The fourth-order valence-electron chi connectivity index (χ4n) is 6.12. The van der Waals surface area contributed by atoms with Crippen LogP contribution in [-0.2, 0) is 19.1 Å². The second-order valence-corrected chi connectivity index (χ2v) is 10.9. The first-order valence-corrected chi connectivity index (χ1v) is 14.3. The van der Waals surface area contributed by atoms with Gasteiger partial charge in [-0.05, 0) is 98.5 Å². The van der Waals surface area contributed by atoms with Crippen molar-refractivity contribution in [3.63, 3.8) is 0 Å². The molecule has 1 aliphatic carbocycles. The summed E-state index contributed by atoms with van der Waals surface area (Å²) in [5, 5.41) is 3.07. The summed E-state index contributed by atoms with van der Waals surface area (Å²) in [6.07, 6.45) is 6.38. The average molecular weight is 554 g/mol. The van der Waals surface area contributed by atoms with Crippen molar-refractivity contribution in [3.8, 4) is 17.1 Å². The first kappa shape index (κ1) is 27.0. The number of ether oxygens (including phenoxy) is 2. The zero-order chi connectivity index (χ0) is 28.3. The largest absolute Gasteiger partial charge is 0.469 e. The van der Waals surface area contributed by atoms with E-state index in [9.17, 15) is 9.59 Å². The van der Waals surface area contributed by atoms with Crippen LogP contribution in [0.15, 0.2) is 60.8 Å². The highest BCUT2D eigenvalue weighted by Crippen LogP contribution is 2.35. The van der Waals surface area contributed by atoms with Crippen LogP contribution in [0.4, 0.5) is 11.5 Å². The predicted octanol–water partition coefficient (Wildman–Crippen LogP) is 5.48. The van der Waals surface area contributed by atoms with Crippen molar-refractivity contribution in [3.05, 3.63) is 66.4 Å². The molecule has 3 heterocycles. The first-order valence-electron chi connectivity index (χ1n) is 14.3. The average Bonchev–Trinajstić information content (AvgIpc) is 3.40. The topological polar surface area (TPSA) is 121 Å². The lowest BCUT2D eigenvalue weighted by atomic mass is 9.81. The molecule has 0 radical (unpaired) electrons. The van der Waals surface area contributed by atoms with Crippen molar-refractivity contribution in [2.24, 2.45) is 11.8 Å². The monoisotopic (exact) mass is 553 g/mol. The maximum Gasteiger partial charge on any atom is 0.308 e. The fourth-order valence-corrected chi connectivity index (χ4v) is 6.12. The number of nitrogens with zero attached hydrogens (tertiary/aromatic N) is 3. The fraction of sp³-hybridized carbons (Fsp3) is 0.375. The van der Waals surface area contributed by atoms with Gasteiger partial charge in [0.25, 0.3) is 0 Å². The zero-order valence-electron chi connectivity index (χ0n) is 23.2. The van der Waals surface area contributed by atoms with Crippen molar-refractivity contribution >= 4 is 34.4 Å². The summed E-state index contributed by atoms with van der Waals surface area (Å²) < 4.78 is 12.6. The SMILES string of the molecule is COC(=O)C1CCC(C(=O)Nc2ccc(-n3c(-c4cccnc4N)nc4ccc(C5CCOCC5)cc43)cc2)CC1. The Morgan fingerprint density at radius 3 is 2.41 bits per heavy atom. The third-order valence-electron chi connectivity index (χ3n) is 8.48. The number of carbonyl (C=O) groups excluding carboxylic acids is 2. The molecular weight excluding hydrogens is 518 g/mol. The number of amides is 1. The number of imidazole rings is 1. The number of nitrogens with one attached hydrogen (secondary N) is 1. The van der Waals surface area contributed by atoms with Crippen molar-refractivity contribution in [2.75, 3.05) is 31.4 Å². The molecule has 0 unspecified atom stereocenters. The molecule has 3 N–H and O–H groups in total. The third kappa shape index (κ3) is 5.54. The molecule has 2 aromatic carbocycles. The predicted molar refractivity (Wildman–Crippen MR) is 158 cm³/mol. The molecule has 41 heavy (non-hydrogen) atoms. The van der Waals surface area contributed by atoms with Crippen molar-refractivity contribution in [1.82, 2.24) is 14.5 Å². The number of nitrogens with two attached hydrogens (primary N) is 1. The summed E-state index contributed by atoms with van der Waals surface area (Å²) in [4.78, 5) is 34.1. The lowest BCUT2D eigenvalue weighted by molar-refractivity contribution is -0.147. The molecule has 2 fully saturated rings. The molecule has 0 atom stereocenters. The number of pyridine rings is 1. The maximum atomic E-state index is 13.0. The van der Waals surface area contributed by atoms with Gasteiger partial charge in [0.1, 0.15) is 11.6 Å². The third-order valence-corrected chi connectivity index (χ3v) is 8.48. The maximum absolute atomic E-state index is 13.0. The molecular formula is C32H35N5O4. The Morgan fingerprint density at radius 1 is 0.976 bits per heavy atom. The number of hydrogen-bond donors (Lipinski definition) is 2. The Hall–Kier alpha value is -4.24. The van der Waals surface area contributed by atoms with E-state index in [2.05, 4.69) is 33.1 Å². The van der Waals surface area contributed by atoms with E-state index >= 15 is 0 Å². The van der Waals surface area contributed by atoms with Crippen LogP contribution < -0.4 is 11.1 Å². The summed E-state index contributed by atoms with van der Waals surface area (Å²) >= 11 is 0. The number of carbonyl (C=O) groups is 2. The highest BCUT2D eigenvalue weighted by molar-refractivity contribution is 5.93. The number of aromatic nitrogens is 3. The highest BCUT2D eigenvalue weighted by atomic mass is 16.5. The van der Waals surface area contributed by atoms with Gasteiger partial charge in [0.05, 0.1) is 29.6 Å². The normalized spacial score (nSPS) is 19.6. The van der Waals surface area contributed by atoms with Gasteiger partial charge in [-0.1, -0.05) is 6.07 Å². The van der Waals surface area contributed by atoms with E-state index < -0.39 is 0 Å². The van der Waals surface area contributed by atoms with Crippen molar-refractivity contribution < 1.29 is 19.1 Å². The zero-order valence-corrected chi connectivity index (χ0v) is 23.2. The molecule has 2 aliphatic rings. The number of nitrogen functional groups attached to an aromatic ring is 1. The number of fused-ring (bicyclic) bond motifs is 1. The van der Waals surface area contributed by atoms with Crippen LogP contribution in [0.3, 0.4) is 0 Å². The molecule has 0 bridgehead atoms. The van der Waals surface area contributed by atoms with E-state index in [1.165, 1.54) is 12.7 Å². The number of hydrogen-bond acceptors (Lipinski definition) is 7. The molecule has 9 heteroatoms. The van der Waals surface area contributed by atoms with Gasteiger partial charge in [-0.3, -0.25) is 14.2 Å². The molecule has 1 saturated carbocycles. The minimum Gasteiger partial charge on any atom is -0.469 e. The van der Waals surface area contributed by atoms with Crippen LogP contribution in [0.2, 0.25) is 0 Å². The Morgan fingerprint density at radius 2 is 1.71 bits per heavy atom. The minimum atomic E-state index is -0.182. The molecule has 1 amide bonds. The molecule has 9 nitrogen and oxygen atoms in total. The van der Waals surface area contributed by atoms with Gasteiger partial charge in [0.2, 0.25) is 5.91 Å². The lowest BCUT2D eigenvalue weighted by Gasteiger charge is -2.26. The molecule has 1 saturated heterocycles. The number of rotatable bonds is 6. The van der Waals surface area contributed by atoms with Gasteiger partial charge < -0.3 is 20.5 Å². The smallest absolute Gasteiger partial charge is 0.308 e. The summed E-state index contributed by atoms with van der Waals surface area (Å²) in [6, 6.07) is 18.1. The van der Waals surface area contributed by atoms with Crippen LogP contribution in [0.5, 0.6) is 0 Å². The Balaban J connectivity index is 1.29. The molecule has 4 aromatic rings. The van der Waals surface area contributed by atoms with Gasteiger partial charge in [-0.2, -0.15) is 0 Å². The van der Waals surface area contributed by atoms with E-state index in [4.69, 9.17) is 20.2 Å². The molecule has 0 spiro atoms. The first-order chi connectivity index (χ1) is 20.0. The standard InChI is InChI=1S/C32H35N5O4/c1-40-32(39)22-6-4-21(5-7-22)31(38)35-24-9-11-25(12-10-24)37-28-19-23(20-14-17-41-18-15-20)8-13-27(28)36-30(37)26-3-2-16-34-29(26)33/h2-3,8-13,16,19-22H,4-7,14-15,17-18H2,1H3,(H2,33,34)(H,35,38). The van der Waals surface area contributed by atoms with E-state index in [1.54, 1.807) is 6.20 Å². The Bertz CT molecular complexity index is 1550. The van der Waals surface area contributed by atoms with Gasteiger partial charge in [-0.25, -0.2) is 9.97 Å². The summed E-state index contributed by atoms with van der Waals surface area (Å²) in [6.45, 7) is 1.55. The molecule has 6 rings (SSSR count). The van der Waals surface area contributed by atoms with Crippen LogP contribution in [0.25, 0.3) is 28.1 Å². The van der Waals surface area contributed by atoms with Crippen LogP contribution >= 0.6 is 0 Å². The Labute approximate surface area is 239 Å². The van der Waals surface area contributed by atoms with Crippen LogP contribution in [-0.4, -0.2) is 46.7 Å². The molecule has 2 aromatic heterocycles. The van der Waals surface area contributed by atoms with Gasteiger partial charge in [0, 0.05) is 36.7 Å². The highest BCUT2D eigenvalue weighted by Gasteiger charge is 2.30. The van der Waals surface area contributed by atoms with E-state index in [-0.39, 0.29) is 23.7 Å². The molecule has 212 valence electrons. The number of methoxy groups -OCH3 is 1. The van der Waals surface area contributed by atoms with Crippen molar-refractivity contribution in [2.45, 2.75) is 44.4 Å². The van der Waals surface area contributed by atoms with E-state index in [0.717, 1.165) is 54.0 Å². The quantitative estimate of drug-likeness (QED) is 0.303. The van der Waals surface area contributed by atoms with Gasteiger partial charge >= 0.3 is 5.97 Å². The minimum absolute atomic E-state index is 0.0147. The van der Waals surface area contributed by atoms with Gasteiger partial charge in [0.15, 0.2) is 0 Å². The van der Waals surface area contributed by atoms with Crippen LogP contribution in [0, 0.1) is 11.8 Å². The number of benzene rings is 2. The summed E-state index contributed by atoms with van der Waals surface area (Å²) in [7, 11) is 1.41. The van der Waals surface area contributed by atoms with E-state index in [1.807, 2.05) is 36.4 Å². The number of anilines is 2. The number of esters is 1. The Kier molecular flexibility index (Phi) is 7.69. The molecule has 1 aliphatic heterocycles. The van der Waals surface area contributed by atoms with Gasteiger partial charge in [-0.15, -0.1) is 0 Å². The van der Waals surface area contributed by atoms with Crippen LogP contribution in [0.1, 0.15) is 50.0 Å².